The second-order valence-corrected chi connectivity index (χ2v) is 4.01. The molecule has 2 rings (SSSR count). The topological polar surface area (TPSA) is 56.7 Å². The molecule has 1 heterocycles. The van der Waals surface area contributed by atoms with Crippen LogP contribution in [0.15, 0.2) is 18.2 Å². The molecule has 0 atom stereocenters. The number of hydrogen-bond donors (Lipinski definition) is 1. The SMILES string of the molecule is Cc1ccc(-n2nnc(CN)c2C)cc1C. The van der Waals surface area contributed by atoms with Gasteiger partial charge in [-0.15, -0.1) is 5.10 Å². The molecule has 0 saturated heterocycles. The minimum atomic E-state index is 0.427. The van der Waals surface area contributed by atoms with Crippen molar-refractivity contribution in [2.75, 3.05) is 0 Å². The summed E-state index contributed by atoms with van der Waals surface area (Å²) in [5, 5.41) is 8.16. The number of aromatic nitrogens is 3. The van der Waals surface area contributed by atoms with Gasteiger partial charge in [0.05, 0.1) is 17.1 Å². The van der Waals surface area contributed by atoms with Gasteiger partial charge in [-0.05, 0) is 44.0 Å². The largest absolute Gasteiger partial charge is 0.325 e. The van der Waals surface area contributed by atoms with Crippen molar-refractivity contribution in [3.63, 3.8) is 0 Å². The van der Waals surface area contributed by atoms with Gasteiger partial charge in [0.25, 0.3) is 0 Å². The van der Waals surface area contributed by atoms with Gasteiger partial charge in [0, 0.05) is 6.54 Å². The molecule has 1 aromatic carbocycles. The number of aryl methyl sites for hydroxylation is 2. The highest BCUT2D eigenvalue weighted by molar-refractivity contribution is 5.40. The van der Waals surface area contributed by atoms with E-state index in [1.54, 1.807) is 0 Å². The van der Waals surface area contributed by atoms with E-state index < -0.39 is 0 Å². The normalized spacial score (nSPS) is 10.8. The van der Waals surface area contributed by atoms with Crippen LogP contribution in [0.2, 0.25) is 0 Å². The highest BCUT2D eigenvalue weighted by Crippen LogP contribution is 2.15. The highest BCUT2D eigenvalue weighted by Gasteiger charge is 2.08. The van der Waals surface area contributed by atoms with E-state index in [0.717, 1.165) is 17.1 Å². The average molecular weight is 216 g/mol. The summed E-state index contributed by atoms with van der Waals surface area (Å²) in [7, 11) is 0. The zero-order valence-electron chi connectivity index (χ0n) is 9.86. The Morgan fingerprint density at radius 2 is 1.94 bits per heavy atom. The molecule has 16 heavy (non-hydrogen) atoms. The van der Waals surface area contributed by atoms with Crippen molar-refractivity contribution in [3.05, 3.63) is 40.7 Å². The lowest BCUT2D eigenvalue weighted by molar-refractivity contribution is 0.782. The molecule has 0 fully saturated rings. The maximum absolute atomic E-state index is 5.58. The third kappa shape index (κ3) is 1.72. The average Bonchev–Trinajstić information content (AvgIpc) is 2.64. The third-order valence-corrected chi connectivity index (χ3v) is 2.92. The second kappa shape index (κ2) is 4.06. The first-order valence-corrected chi connectivity index (χ1v) is 5.32. The van der Waals surface area contributed by atoms with Crippen molar-refractivity contribution in [1.29, 1.82) is 0 Å². The fourth-order valence-corrected chi connectivity index (χ4v) is 1.65. The predicted octanol–water partition coefficient (Wildman–Crippen LogP) is 1.65. The van der Waals surface area contributed by atoms with Crippen molar-refractivity contribution in [1.82, 2.24) is 15.0 Å². The van der Waals surface area contributed by atoms with Gasteiger partial charge in [-0.1, -0.05) is 11.3 Å². The Morgan fingerprint density at radius 3 is 2.50 bits per heavy atom. The lowest BCUT2D eigenvalue weighted by atomic mass is 10.1. The molecule has 84 valence electrons. The molecule has 0 spiro atoms. The Kier molecular flexibility index (Phi) is 2.75. The Balaban J connectivity index is 2.50. The van der Waals surface area contributed by atoms with Crippen LogP contribution in [0.4, 0.5) is 0 Å². The first kappa shape index (κ1) is 10.8. The van der Waals surface area contributed by atoms with Crippen LogP contribution < -0.4 is 5.73 Å². The number of rotatable bonds is 2. The highest BCUT2D eigenvalue weighted by atomic mass is 15.4. The molecule has 0 aliphatic carbocycles. The van der Waals surface area contributed by atoms with Crippen LogP contribution in [-0.2, 0) is 6.54 Å². The van der Waals surface area contributed by atoms with E-state index in [-0.39, 0.29) is 0 Å². The smallest absolute Gasteiger partial charge is 0.0996 e. The maximum Gasteiger partial charge on any atom is 0.0996 e. The van der Waals surface area contributed by atoms with Gasteiger partial charge in [-0.25, -0.2) is 4.68 Å². The molecule has 0 unspecified atom stereocenters. The summed E-state index contributed by atoms with van der Waals surface area (Å²) in [4.78, 5) is 0. The van der Waals surface area contributed by atoms with Crippen molar-refractivity contribution < 1.29 is 0 Å². The molecule has 0 amide bonds. The summed E-state index contributed by atoms with van der Waals surface area (Å²) in [6, 6.07) is 6.25. The first-order chi connectivity index (χ1) is 7.63. The molecule has 0 saturated carbocycles. The van der Waals surface area contributed by atoms with Crippen LogP contribution in [-0.4, -0.2) is 15.0 Å². The molecular formula is C12H16N4. The minimum absolute atomic E-state index is 0.427. The van der Waals surface area contributed by atoms with E-state index in [4.69, 9.17) is 5.73 Å². The zero-order chi connectivity index (χ0) is 11.7. The van der Waals surface area contributed by atoms with Gasteiger partial charge in [-0.3, -0.25) is 0 Å². The monoisotopic (exact) mass is 216 g/mol. The lowest BCUT2D eigenvalue weighted by Gasteiger charge is -2.06. The number of nitrogens with zero attached hydrogens (tertiary/aromatic N) is 3. The molecule has 1 aromatic heterocycles. The third-order valence-electron chi connectivity index (χ3n) is 2.92. The molecule has 2 aromatic rings. The van der Waals surface area contributed by atoms with Gasteiger partial charge in [-0.2, -0.15) is 0 Å². The molecule has 4 heteroatoms. The van der Waals surface area contributed by atoms with Gasteiger partial charge >= 0.3 is 0 Å². The summed E-state index contributed by atoms with van der Waals surface area (Å²) in [6.45, 7) is 6.60. The lowest BCUT2D eigenvalue weighted by Crippen LogP contribution is -2.02. The van der Waals surface area contributed by atoms with Crippen LogP contribution in [0.3, 0.4) is 0 Å². The van der Waals surface area contributed by atoms with Crippen molar-refractivity contribution in [3.8, 4) is 5.69 Å². The van der Waals surface area contributed by atoms with Crippen molar-refractivity contribution in [2.24, 2.45) is 5.73 Å². The molecule has 4 nitrogen and oxygen atoms in total. The predicted molar refractivity (Wildman–Crippen MR) is 63.5 cm³/mol. The van der Waals surface area contributed by atoms with E-state index in [0.29, 0.717) is 6.54 Å². The Morgan fingerprint density at radius 1 is 1.19 bits per heavy atom. The van der Waals surface area contributed by atoms with Crippen LogP contribution >= 0.6 is 0 Å². The summed E-state index contributed by atoms with van der Waals surface area (Å²) in [5.41, 5.74) is 11.0. The molecule has 0 aliphatic heterocycles. The quantitative estimate of drug-likeness (QED) is 0.830. The van der Waals surface area contributed by atoms with Gasteiger partial charge in [0.2, 0.25) is 0 Å². The zero-order valence-corrected chi connectivity index (χ0v) is 9.86. The standard InChI is InChI=1S/C12H16N4/c1-8-4-5-11(6-9(8)2)16-10(3)12(7-13)14-15-16/h4-6H,7,13H2,1-3H3. The van der Waals surface area contributed by atoms with Crippen LogP contribution in [0.5, 0.6) is 0 Å². The van der Waals surface area contributed by atoms with Crippen LogP contribution in [0.1, 0.15) is 22.5 Å². The number of benzene rings is 1. The molecule has 0 radical (unpaired) electrons. The number of nitrogens with two attached hydrogens (primary N) is 1. The molecule has 0 bridgehead atoms. The summed E-state index contributed by atoms with van der Waals surface area (Å²) in [5.74, 6) is 0. The fourth-order valence-electron chi connectivity index (χ4n) is 1.65. The molecule has 2 N–H and O–H groups in total. The van der Waals surface area contributed by atoms with Crippen molar-refractivity contribution >= 4 is 0 Å². The Labute approximate surface area is 95.1 Å². The summed E-state index contributed by atoms with van der Waals surface area (Å²) >= 11 is 0. The Bertz CT molecular complexity index is 514. The minimum Gasteiger partial charge on any atom is -0.325 e. The molecule has 0 aliphatic rings. The van der Waals surface area contributed by atoms with Crippen LogP contribution in [0, 0.1) is 20.8 Å². The Hall–Kier alpha value is -1.68. The van der Waals surface area contributed by atoms with E-state index in [1.807, 2.05) is 17.7 Å². The van der Waals surface area contributed by atoms with E-state index >= 15 is 0 Å². The second-order valence-electron chi connectivity index (χ2n) is 4.01. The van der Waals surface area contributed by atoms with Gasteiger partial charge in [0.1, 0.15) is 0 Å². The van der Waals surface area contributed by atoms with Crippen molar-refractivity contribution in [2.45, 2.75) is 27.3 Å². The first-order valence-electron chi connectivity index (χ1n) is 5.32. The van der Waals surface area contributed by atoms with Gasteiger partial charge in [0.15, 0.2) is 0 Å². The molecular weight excluding hydrogens is 200 g/mol. The van der Waals surface area contributed by atoms with Crippen LogP contribution in [0.25, 0.3) is 5.69 Å². The summed E-state index contributed by atoms with van der Waals surface area (Å²) in [6.07, 6.45) is 0. The van der Waals surface area contributed by atoms with E-state index in [9.17, 15) is 0 Å². The fraction of sp³-hybridized carbons (Fsp3) is 0.333. The van der Waals surface area contributed by atoms with E-state index in [1.165, 1.54) is 11.1 Å². The van der Waals surface area contributed by atoms with Gasteiger partial charge < -0.3 is 5.73 Å². The summed E-state index contributed by atoms with van der Waals surface area (Å²) < 4.78 is 1.83. The van der Waals surface area contributed by atoms with E-state index in [2.05, 4.69) is 36.3 Å². The maximum atomic E-state index is 5.58. The number of hydrogen-bond acceptors (Lipinski definition) is 3.